The van der Waals surface area contributed by atoms with Gasteiger partial charge in [0, 0.05) is 35.5 Å². The number of para-hydroxylation sites is 2. The molecule has 1 aromatic heterocycles. The van der Waals surface area contributed by atoms with Gasteiger partial charge in [-0.15, -0.1) is 0 Å². The molecule has 1 spiro atoms. The first-order chi connectivity index (χ1) is 24.3. The van der Waals surface area contributed by atoms with Gasteiger partial charge in [0.1, 0.15) is 17.1 Å². The largest absolute Gasteiger partial charge is 0.490 e. The normalized spacial score (nSPS) is 17.4. The van der Waals surface area contributed by atoms with Gasteiger partial charge in [-0.05, 0) is 87.4 Å². The molecule has 258 valence electrons. The Labute approximate surface area is 295 Å². The number of aryl methyl sites for hydroxylation is 1. The molecule has 7 rings (SSSR count). The maximum Gasteiger partial charge on any atom is 0.252 e. The first-order valence-electron chi connectivity index (χ1n) is 18.0. The van der Waals surface area contributed by atoms with Gasteiger partial charge in [0.15, 0.2) is 0 Å². The van der Waals surface area contributed by atoms with Gasteiger partial charge in [-0.25, -0.2) is 4.98 Å². The van der Waals surface area contributed by atoms with Crippen molar-refractivity contribution in [2.75, 3.05) is 6.54 Å². The summed E-state index contributed by atoms with van der Waals surface area (Å²) in [5, 5.41) is 19.6. The van der Waals surface area contributed by atoms with Crippen LogP contribution in [0.15, 0.2) is 103 Å². The Hall–Kier alpha value is -4.72. The smallest absolute Gasteiger partial charge is 0.252 e. The molecule has 0 saturated heterocycles. The van der Waals surface area contributed by atoms with Crippen LogP contribution in [0.1, 0.15) is 79.5 Å². The van der Waals surface area contributed by atoms with Crippen LogP contribution in [0.25, 0.3) is 22.2 Å². The van der Waals surface area contributed by atoms with Crippen LogP contribution in [0.2, 0.25) is 0 Å². The fraction of sp³-hybridized carbons (Fsp3) is 0.349. The number of nitrogens with zero attached hydrogens (tertiary/aromatic N) is 1. The molecule has 1 amide bonds. The molecule has 1 saturated carbocycles. The summed E-state index contributed by atoms with van der Waals surface area (Å²) in [5.74, 6) is 1.39. The van der Waals surface area contributed by atoms with Crippen molar-refractivity contribution in [1.29, 1.82) is 0 Å². The van der Waals surface area contributed by atoms with Crippen LogP contribution in [0.4, 0.5) is 0 Å². The zero-order chi connectivity index (χ0) is 34.7. The van der Waals surface area contributed by atoms with E-state index in [1.807, 2.05) is 98.8 Å². The van der Waals surface area contributed by atoms with E-state index in [1.165, 1.54) is 12.0 Å². The standard InChI is InChI=1S/C43H47N3O4/c1-4-29-19-20-41-34(23-29)38(26-43(50-41)21-12-22-43)44-27-39(47)37(24-30-13-6-5-7-14-30)46-42(48)33-25-36(45-35-17-10-8-15-31(33)35)32-16-9-11-18-40(32)49-28(2)3/h5-11,13-20,23,25,28,37-39,44,47H,4,12,21-22,24,26-27H2,1-3H3,(H,46,48)/t37-,38-,39-/m0/s1. The molecule has 2 aliphatic rings. The minimum Gasteiger partial charge on any atom is -0.490 e. The van der Waals surface area contributed by atoms with Crippen molar-refractivity contribution in [1.82, 2.24) is 15.6 Å². The van der Waals surface area contributed by atoms with Crippen molar-refractivity contribution in [3.8, 4) is 22.8 Å². The lowest BCUT2D eigenvalue weighted by molar-refractivity contribution is -0.0382. The number of aliphatic hydroxyl groups excluding tert-OH is 1. The molecule has 0 bridgehead atoms. The summed E-state index contributed by atoms with van der Waals surface area (Å²) in [6.45, 7) is 6.46. The van der Waals surface area contributed by atoms with Crippen molar-refractivity contribution < 1.29 is 19.4 Å². The predicted octanol–water partition coefficient (Wildman–Crippen LogP) is 7.99. The van der Waals surface area contributed by atoms with E-state index in [-0.39, 0.29) is 23.7 Å². The van der Waals surface area contributed by atoms with Gasteiger partial charge in [0.25, 0.3) is 5.91 Å². The van der Waals surface area contributed by atoms with Crippen LogP contribution in [-0.2, 0) is 12.8 Å². The summed E-state index contributed by atoms with van der Waals surface area (Å²) in [4.78, 5) is 19.3. The van der Waals surface area contributed by atoms with Crippen molar-refractivity contribution in [3.63, 3.8) is 0 Å². The highest BCUT2D eigenvalue weighted by atomic mass is 16.5. The van der Waals surface area contributed by atoms with Gasteiger partial charge in [-0.1, -0.05) is 79.7 Å². The minimum atomic E-state index is -0.857. The molecule has 3 atom stereocenters. The molecular weight excluding hydrogens is 622 g/mol. The van der Waals surface area contributed by atoms with Gasteiger partial charge >= 0.3 is 0 Å². The summed E-state index contributed by atoms with van der Waals surface area (Å²) >= 11 is 0. The Balaban J connectivity index is 1.17. The number of aliphatic hydroxyl groups is 1. The number of hydrogen-bond acceptors (Lipinski definition) is 6. The molecule has 0 radical (unpaired) electrons. The van der Waals surface area contributed by atoms with Crippen molar-refractivity contribution in [2.24, 2.45) is 0 Å². The number of fused-ring (bicyclic) bond motifs is 2. The zero-order valence-electron chi connectivity index (χ0n) is 29.2. The first-order valence-corrected chi connectivity index (χ1v) is 18.0. The zero-order valence-corrected chi connectivity index (χ0v) is 29.2. The molecule has 1 aliphatic heterocycles. The summed E-state index contributed by atoms with van der Waals surface area (Å²) in [5.41, 5.74) is 6.00. The van der Waals surface area contributed by atoms with E-state index in [9.17, 15) is 9.90 Å². The van der Waals surface area contributed by atoms with Crippen molar-refractivity contribution >= 4 is 16.8 Å². The lowest BCUT2D eigenvalue weighted by Gasteiger charge is -2.48. The number of amides is 1. The number of pyridine rings is 1. The van der Waals surface area contributed by atoms with Gasteiger partial charge < -0.3 is 25.2 Å². The van der Waals surface area contributed by atoms with E-state index in [2.05, 4.69) is 35.8 Å². The van der Waals surface area contributed by atoms with Gasteiger partial charge in [-0.3, -0.25) is 4.79 Å². The van der Waals surface area contributed by atoms with Crippen molar-refractivity contribution in [3.05, 3.63) is 125 Å². The average molecular weight is 670 g/mol. The molecule has 1 aliphatic carbocycles. The quantitative estimate of drug-likeness (QED) is 0.125. The Morgan fingerprint density at radius 2 is 1.72 bits per heavy atom. The number of carbonyl (C=O) groups is 1. The number of nitrogens with one attached hydrogen (secondary N) is 2. The highest BCUT2D eigenvalue weighted by Crippen LogP contribution is 2.49. The van der Waals surface area contributed by atoms with Gasteiger partial charge in [-0.2, -0.15) is 0 Å². The second-order valence-electron chi connectivity index (χ2n) is 14.1. The molecule has 1 fully saturated rings. The number of aromatic nitrogens is 1. The first kappa shape index (κ1) is 33.8. The summed E-state index contributed by atoms with van der Waals surface area (Å²) < 4.78 is 12.7. The van der Waals surface area contributed by atoms with Crippen LogP contribution in [0.5, 0.6) is 11.5 Å². The van der Waals surface area contributed by atoms with Crippen LogP contribution < -0.4 is 20.1 Å². The summed E-state index contributed by atoms with van der Waals surface area (Å²) in [6, 6.07) is 33.3. The Morgan fingerprint density at radius 1 is 0.960 bits per heavy atom. The topological polar surface area (TPSA) is 92.7 Å². The van der Waals surface area contributed by atoms with Crippen LogP contribution in [-0.4, -0.2) is 46.4 Å². The van der Waals surface area contributed by atoms with Crippen LogP contribution in [0, 0.1) is 0 Å². The van der Waals surface area contributed by atoms with Crippen LogP contribution >= 0.6 is 0 Å². The lowest BCUT2D eigenvalue weighted by atomic mass is 9.72. The van der Waals surface area contributed by atoms with E-state index >= 15 is 0 Å². The maximum absolute atomic E-state index is 14.4. The van der Waals surface area contributed by atoms with Gasteiger partial charge in [0.2, 0.25) is 0 Å². The Morgan fingerprint density at radius 3 is 2.48 bits per heavy atom. The average Bonchev–Trinajstić information content (AvgIpc) is 3.12. The fourth-order valence-electron chi connectivity index (χ4n) is 7.34. The van der Waals surface area contributed by atoms with Gasteiger partial charge in [0.05, 0.1) is 35.0 Å². The predicted molar refractivity (Wildman–Crippen MR) is 199 cm³/mol. The molecule has 5 aromatic rings. The second-order valence-corrected chi connectivity index (χ2v) is 14.1. The monoisotopic (exact) mass is 669 g/mol. The molecule has 0 unspecified atom stereocenters. The third kappa shape index (κ3) is 7.25. The van der Waals surface area contributed by atoms with E-state index in [4.69, 9.17) is 14.5 Å². The molecular formula is C43H47N3O4. The lowest BCUT2D eigenvalue weighted by Crippen LogP contribution is -2.52. The third-order valence-corrected chi connectivity index (χ3v) is 10.2. The Kier molecular flexibility index (Phi) is 9.88. The van der Waals surface area contributed by atoms with Crippen LogP contribution in [0.3, 0.4) is 0 Å². The molecule has 3 N–H and O–H groups in total. The third-order valence-electron chi connectivity index (χ3n) is 10.2. The number of rotatable bonds is 12. The molecule has 7 heteroatoms. The van der Waals surface area contributed by atoms with E-state index in [1.54, 1.807) is 0 Å². The Bertz CT molecular complexity index is 1960. The summed E-state index contributed by atoms with van der Waals surface area (Å²) in [7, 11) is 0. The number of benzene rings is 4. The SMILES string of the molecule is CCc1ccc2c(c1)[C@@H](NC[C@H](O)[C@H](Cc1ccccc1)NC(=O)c1cc(-c3ccccc3OC(C)C)nc3ccccc13)CC1(CCC1)O2. The molecule has 2 heterocycles. The molecule has 7 nitrogen and oxygen atoms in total. The summed E-state index contributed by atoms with van der Waals surface area (Å²) in [6.07, 6.45) is 4.68. The van der Waals surface area contributed by atoms with Crippen molar-refractivity contribution in [2.45, 2.75) is 89.2 Å². The molecule has 4 aromatic carbocycles. The fourth-order valence-corrected chi connectivity index (χ4v) is 7.34. The number of ether oxygens (including phenoxy) is 2. The van der Waals surface area contributed by atoms with E-state index in [0.29, 0.717) is 35.5 Å². The van der Waals surface area contributed by atoms with E-state index < -0.39 is 12.1 Å². The number of hydrogen-bond donors (Lipinski definition) is 3. The van der Waals surface area contributed by atoms with E-state index in [0.717, 1.165) is 53.5 Å². The second kappa shape index (κ2) is 14.6. The minimum absolute atomic E-state index is 0.0178. The highest BCUT2D eigenvalue weighted by molar-refractivity contribution is 6.07. The maximum atomic E-state index is 14.4. The molecule has 50 heavy (non-hydrogen) atoms. The number of carbonyl (C=O) groups excluding carboxylic acids is 1. The highest BCUT2D eigenvalue weighted by Gasteiger charge is 2.45.